The van der Waals surface area contributed by atoms with E-state index >= 15 is 0 Å². The molecule has 0 aliphatic rings. The summed E-state index contributed by atoms with van der Waals surface area (Å²) in [6, 6.07) is 20.7. The number of ketones is 1. The third-order valence-corrected chi connectivity index (χ3v) is 5.00. The summed E-state index contributed by atoms with van der Waals surface area (Å²) in [4.78, 5) is 24.6. The van der Waals surface area contributed by atoms with E-state index in [1.54, 1.807) is 0 Å². The Hall–Kier alpha value is -2.72. The summed E-state index contributed by atoms with van der Waals surface area (Å²) in [5, 5.41) is 2.19. The Morgan fingerprint density at radius 1 is 1.07 bits per heavy atom. The standard InChI is InChI=1S/C21H27NO.C3H5NO/c1-5-20(23)21(16-17(2)22(3)4,18-12-8-6-9-13-18)19-14-10-7-11-15-19;1-2-4-3-5/h6-15,17H,5,16H2,1-4H3;2-3H,1H2,(H,4,5). The highest BCUT2D eigenvalue weighted by Crippen LogP contribution is 2.39. The number of benzene rings is 2. The SMILES string of the molecule is C=CNC=O.CCC(=O)C(CC(C)N(C)C)(c1ccccc1)c1ccccc1. The van der Waals surface area contributed by atoms with E-state index in [0.29, 0.717) is 18.9 Å². The van der Waals surface area contributed by atoms with Crippen LogP contribution in [0, 0.1) is 0 Å². The average molecular weight is 381 g/mol. The molecule has 0 spiro atoms. The Morgan fingerprint density at radius 2 is 1.54 bits per heavy atom. The van der Waals surface area contributed by atoms with Gasteiger partial charge in [-0.15, -0.1) is 0 Å². The molecule has 0 fully saturated rings. The molecule has 0 bridgehead atoms. The van der Waals surface area contributed by atoms with Gasteiger partial charge in [0, 0.05) is 12.5 Å². The van der Waals surface area contributed by atoms with Gasteiger partial charge >= 0.3 is 0 Å². The van der Waals surface area contributed by atoms with E-state index < -0.39 is 5.41 Å². The maximum absolute atomic E-state index is 13.2. The number of carbonyl (C=O) groups excluding carboxylic acids is 2. The van der Waals surface area contributed by atoms with Crippen molar-refractivity contribution in [2.75, 3.05) is 14.1 Å². The average Bonchev–Trinajstić information content (AvgIpc) is 2.73. The summed E-state index contributed by atoms with van der Waals surface area (Å²) in [5.41, 5.74) is 1.60. The fourth-order valence-electron chi connectivity index (χ4n) is 3.26. The predicted molar refractivity (Wildman–Crippen MR) is 116 cm³/mol. The first-order chi connectivity index (χ1) is 13.4. The molecule has 1 N–H and O–H groups in total. The van der Waals surface area contributed by atoms with Crippen molar-refractivity contribution in [3.63, 3.8) is 0 Å². The second-order valence-electron chi connectivity index (χ2n) is 6.92. The van der Waals surface area contributed by atoms with Crippen molar-refractivity contribution in [2.24, 2.45) is 0 Å². The van der Waals surface area contributed by atoms with Crippen LogP contribution in [-0.2, 0) is 15.0 Å². The van der Waals surface area contributed by atoms with Crippen LogP contribution in [0.15, 0.2) is 73.4 Å². The number of hydrogen-bond acceptors (Lipinski definition) is 3. The van der Waals surface area contributed by atoms with Crippen LogP contribution in [0.25, 0.3) is 0 Å². The van der Waals surface area contributed by atoms with E-state index in [-0.39, 0.29) is 5.78 Å². The number of rotatable bonds is 9. The van der Waals surface area contributed by atoms with Gasteiger partial charge in [0.05, 0.1) is 5.41 Å². The van der Waals surface area contributed by atoms with Gasteiger partial charge in [-0.05, 0) is 44.8 Å². The smallest absolute Gasteiger partial charge is 0.211 e. The molecule has 150 valence electrons. The van der Waals surface area contributed by atoms with Crippen LogP contribution < -0.4 is 5.32 Å². The highest BCUT2D eigenvalue weighted by Gasteiger charge is 2.41. The van der Waals surface area contributed by atoms with Crippen LogP contribution in [0.3, 0.4) is 0 Å². The first-order valence-electron chi connectivity index (χ1n) is 9.55. The largest absolute Gasteiger partial charge is 0.336 e. The fraction of sp³-hybridized carbons (Fsp3) is 0.333. The predicted octanol–water partition coefficient (Wildman–Crippen LogP) is 4.17. The van der Waals surface area contributed by atoms with Gasteiger partial charge in [-0.1, -0.05) is 74.2 Å². The van der Waals surface area contributed by atoms with Crippen LogP contribution in [0.1, 0.15) is 37.8 Å². The van der Waals surface area contributed by atoms with Crippen molar-refractivity contribution >= 4 is 12.2 Å². The van der Waals surface area contributed by atoms with Gasteiger partial charge in [0.15, 0.2) is 0 Å². The Kier molecular flexibility index (Phi) is 9.89. The van der Waals surface area contributed by atoms with Gasteiger partial charge < -0.3 is 10.2 Å². The van der Waals surface area contributed by atoms with Crippen molar-refractivity contribution in [1.82, 2.24) is 10.2 Å². The maximum atomic E-state index is 13.2. The zero-order valence-electron chi connectivity index (χ0n) is 17.4. The van der Waals surface area contributed by atoms with E-state index in [1.807, 2.05) is 43.3 Å². The normalized spacial score (nSPS) is 11.8. The van der Waals surface area contributed by atoms with Crippen molar-refractivity contribution in [1.29, 1.82) is 0 Å². The lowest BCUT2D eigenvalue weighted by molar-refractivity contribution is -0.123. The minimum absolute atomic E-state index is 0.281. The Balaban J connectivity index is 0.000000696. The van der Waals surface area contributed by atoms with Gasteiger partial charge in [-0.2, -0.15) is 0 Å². The monoisotopic (exact) mass is 380 g/mol. The summed E-state index contributed by atoms with van der Waals surface area (Å²) >= 11 is 0. The molecule has 0 radical (unpaired) electrons. The zero-order valence-corrected chi connectivity index (χ0v) is 17.4. The number of amides is 1. The topological polar surface area (TPSA) is 49.4 Å². The Labute approximate surface area is 169 Å². The summed E-state index contributed by atoms with van der Waals surface area (Å²) in [6.45, 7) is 7.35. The van der Waals surface area contributed by atoms with E-state index in [9.17, 15) is 9.59 Å². The first kappa shape index (κ1) is 23.3. The minimum Gasteiger partial charge on any atom is -0.336 e. The minimum atomic E-state index is -0.582. The molecule has 28 heavy (non-hydrogen) atoms. The third kappa shape index (κ3) is 5.89. The highest BCUT2D eigenvalue weighted by atomic mass is 16.1. The maximum Gasteiger partial charge on any atom is 0.211 e. The van der Waals surface area contributed by atoms with Crippen molar-refractivity contribution in [3.8, 4) is 0 Å². The summed E-state index contributed by atoms with van der Waals surface area (Å²) in [5.74, 6) is 0.281. The van der Waals surface area contributed by atoms with Crippen LogP contribution in [0.4, 0.5) is 0 Å². The molecule has 4 nitrogen and oxygen atoms in total. The molecular weight excluding hydrogens is 348 g/mol. The molecule has 0 aromatic heterocycles. The number of hydrogen-bond donors (Lipinski definition) is 1. The number of nitrogens with zero attached hydrogens (tertiary/aromatic N) is 1. The fourth-order valence-corrected chi connectivity index (χ4v) is 3.26. The Morgan fingerprint density at radius 3 is 1.82 bits per heavy atom. The van der Waals surface area contributed by atoms with E-state index in [1.165, 1.54) is 6.20 Å². The number of carbonyl (C=O) groups is 2. The zero-order chi connectivity index (χ0) is 21.0. The van der Waals surface area contributed by atoms with Crippen molar-refractivity contribution in [2.45, 2.75) is 38.1 Å². The lowest BCUT2D eigenvalue weighted by Crippen LogP contribution is -2.42. The molecule has 0 saturated heterocycles. The molecule has 1 unspecified atom stereocenters. The molecule has 2 rings (SSSR count). The van der Waals surface area contributed by atoms with Crippen LogP contribution in [0.2, 0.25) is 0 Å². The van der Waals surface area contributed by atoms with Crippen molar-refractivity contribution in [3.05, 3.63) is 84.6 Å². The molecule has 4 heteroatoms. The highest BCUT2D eigenvalue weighted by molar-refractivity contribution is 5.93. The second kappa shape index (κ2) is 11.9. The number of nitrogens with one attached hydrogen (secondary N) is 1. The molecule has 0 saturated carbocycles. The lowest BCUT2D eigenvalue weighted by atomic mass is 9.67. The molecule has 2 aromatic carbocycles. The van der Waals surface area contributed by atoms with E-state index in [0.717, 1.165) is 17.5 Å². The van der Waals surface area contributed by atoms with Gasteiger partial charge in [0.1, 0.15) is 5.78 Å². The molecule has 0 heterocycles. The molecule has 1 amide bonds. The lowest BCUT2D eigenvalue weighted by Gasteiger charge is -2.37. The summed E-state index contributed by atoms with van der Waals surface area (Å²) < 4.78 is 0. The second-order valence-corrected chi connectivity index (χ2v) is 6.92. The molecule has 0 aliphatic carbocycles. The molecular formula is C24H32N2O2. The quantitative estimate of drug-likeness (QED) is 0.664. The number of Topliss-reactive ketones (excluding diaryl/α,β-unsaturated/α-hetero) is 1. The van der Waals surface area contributed by atoms with E-state index in [4.69, 9.17) is 0 Å². The Bertz CT molecular complexity index is 681. The van der Waals surface area contributed by atoms with Gasteiger partial charge in [-0.25, -0.2) is 0 Å². The van der Waals surface area contributed by atoms with Crippen molar-refractivity contribution < 1.29 is 9.59 Å². The third-order valence-electron chi connectivity index (χ3n) is 5.00. The van der Waals surface area contributed by atoms with Gasteiger partial charge in [0.25, 0.3) is 0 Å². The molecule has 2 aromatic rings. The summed E-state index contributed by atoms with van der Waals surface area (Å²) in [6.07, 6.45) is 3.19. The van der Waals surface area contributed by atoms with Crippen LogP contribution >= 0.6 is 0 Å². The van der Waals surface area contributed by atoms with E-state index in [2.05, 4.69) is 62.1 Å². The molecule has 1 atom stereocenters. The molecule has 0 aliphatic heterocycles. The van der Waals surface area contributed by atoms with Gasteiger partial charge in [-0.3, -0.25) is 9.59 Å². The van der Waals surface area contributed by atoms with Crippen LogP contribution in [0.5, 0.6) is 0 Å². The van der Waals surface area contributed by atoms with Gasteiger partial charge in [0.2, 0.25) is 6.41 Å². The van der Waals surface area contributed by atoms with Crippen LogP contribution in [-0.4, -0.2) is 37.2 Å². The first-order valence-corrected chi connectivity index (χ1v) is 9.55. The summed E-state index contributed by atoms with van der Waals surface area (Å²) in [7, 11) is 4.14.